The second-order valence-corrected chi connectivity index (χ2v) is 10.9. The molecule has 0 aliphatic carbocycles. The molecule has 0 saturated heterocycles. The van der Waals surface area contributed by atoms with E-state index in [1.165, 1.54) is 66.7 Å². The number of hydrogen-bond donors (Lipinski definition) is 0. The summed E-state index contributed by atoms with van der Waals surface area (Å²) < 4.78 is 96.0. The summed E-state index contributed by atoms with van der Waals surface area (Å²) in [5.41, 5.74) is -0.705. The molecule has 0 amide bonds. The van der Waals surface area contributed by atoms with Crippen LogP contribution in [0.4, 0.5) is 26.3 Å². The van der Waals surface area contributed by atoms with E-state index in [1.54, 1.807) is 0 Å². The van der Waals surface area contributed by atoms with Crippen molar-refractivity contribution in [2.45, 2.75) is 32.1 Å². The highest BCUT2D eigenvalue weighted by atomic mass is 19.2. The fourth-order valence-corrected chi connectivity index (χ4v) is 5.06. The minimum atomic E-state index is -1.24. The number of carbonyl (C=O) groups excluding carboxylic acids is 2. The van der Waals surface area contributed by atoms with Crippen LogP contribution < -0.4 is 9.47 Å². The van der Waals surface area contributed by atoms with Gasteiger partial charge in [0.05, 0.1) is 5.56 Å². The van der Waals surface area contributed by atoms with Crippen LogP contribution in [-0.2, 0) is 9.59 Å². The molecule has 0 aliphatic rings. The van der Waals surface area contributed by atoms with Gasteiger partial charge in [-0.25, -0.2) is 26.3 Å². The van der Waals surface area contributed by atoms with Crippen molar-refractivity contribution in [2.75, 3.05) is 0 Å². The Kier molecular flexibility index (Phi) is 10.8. The Hall–Kier alpha value is -5.89. The van der Waals surface area contributed by atoms with Crippen LogP contribution in [-0.4, -0.2) is 11.9 Å². The van der Waals surface area contributed by atoms with E-state index in [0.29, 0.717) is 42.5 Å². The molecule has 0 N–H and O–H groups in total. The Morgan fingerprint density at radius 3 is 1.59 bits per heavy atom. The molecule has 11 heteroatoms. The molecule has 5 rings (SSSR count). The van der Waals surface area contributed by atoms with Crippen LogP contribution in [0.1, 0.15) is 37.7 Å². The average molecular weight is 674 g/mol. The number of benzene rings is 5. The minimum Gasteiger partial charge on any atom is -0.427 e. The average Bonchev–Trinajstić information content (AvgIpc) is 3.05. The summed E-state index contributed by atoms with van der Waals surface area (Å²) in [6.07, 6.45) is 1.44. The van der Waals surface area contributed by atoms with E-state index >= 15 is 0 Å². The molecular formula is C38H25F6NO4. The van der Waals surface area contributed by atoms with Gasteiger partial charge in [0.25, 0.3) is 0 Å². The molecule has 0 fully saturated rings. The summed E-state index contributed by atoms with van der Waals surface area (Å²) in [4.78, 5) is 24.5. The van der Waals surface area contributed by atoms with E-state index in [9.17, 15) is 35.9 Å². The summed E-state index contributed by atoms with van der Waals surface area (Å²) in [7, 11) is 0. The van der Waals surface area contributed by atoms with Crippen molar-refractivity contribution in [3.63, 3.8) is 0 Å². The molecule has 0 spiro atoms. The highest BCUT2D eigenvalue weighted by molar-refractivity contribution is 5.75. The molecule has 5 aromatic rings. The van der Waals surface area contributed by atoms with E-state index < -0.39 is 63.5 Å². The van der Waals surface area contributed by atoms with Gasteiger partial charge in [-0.05, 0) is 95.8 Å². The lowest BCUT2D eigenvalue weighted by Crippen LogP contribution is -2.09. The van der Waals surface area contributed by atoms with Crippen molar-refractivity contribution >= 4 is 11.9 Å². The van der Waals surface area contributed by atoms with Gasteiger partial charge in [0, 0.05) is 24.5 Å². The molecule has 0 radical (unpaired) electrons. The van der Waals surface area contributed by atoms with Crippen LogP contribution in [0.15, 0.2) is 91.0 Å². The molecule has 0 heterocycles. The molecular weight excluding hydrogens is 648 g/mol. The highest BCUT2D eigenvalue weighted by Gasteiger charge is 2.19. The molecule has 5 aromatic carbocycles. The van der Waals surface area contributed by atoms with E-state index in [0.717, 1.165) is 18.2 Å². The van der Waals surface area contributed by atoms with Gasteiger partial charge in [-0.3, -0.25) is 9.59 Å². The monoisotopic (exact) mass is 673 g/mol. The second kappa shape index (κ2) is 15.3. The molecule has 5 nitrogen and oxygen atoms in total. The number of unbranched alkanes of at least 4 members (excludes halogenated alkanes) is 2. The Morgan fingerprint density at radius 2 is 1.04 bits per heavy atom. The molecule has 248 valence electrons. The van der Waals surface area contributed by atoms with Gasteiger partial charge < -0.3 is 9.47 Å². The maximum atomic E-state index is 14.9. The smallest absolute Gasteiger partial charge is 0.311 e. The first-order valence-corrected chi connectivity index (χ1v) is 15.0. The van der Waals surface area contributed by atoms with E-state index in [1.807, 2.05) is 0 Å². The van der Waals surface area contributed by atoms with Gasteiger partial charge in [-0.15, -0.1) is 0 Å². The minimum absolute atomic E-state index is 0.0340. The fraction of sp³-hybridized carbons (Fsp3) is 0.132. The lowest BCUT2D eigenvalue weighted by atomic mass is 9.97. The quantitative estimate of drug-likeness (QED) is 0.0604. The zero-order chi connectivity index (χ0) is 35.1. The van der Waals surface area contributed by atoms with Crippen molar-refractivity contribution < 1.29 is 45.4 Å². The zero-order valence-electron chi connectivity index (χ0n) is 25.5. The van der Waals surface area contributed by atoms with Crippen LogP contribution >= 0.6 is 0 Å². The molecule has 0 saturated carbocycles. The highest BCUT2D eigenvalue weighted by Crippen LogP contribution is 2.33. The number of carbonyl (C=O) groups is 2. The number of nitrogens with zero attached hydrogens (tertiary/aromatic N) is 1. The number of rotatable bonds is 11. The van der Waals surface area contributed by atoms with Gasteiger partial charge in [0.2, 0.25) is 0 Å². The summed E-state index contributed by atoms with van der Waals surface area (Å²) in [5, 5.41) is 8.82. The van der Waals surface area contributed by atoms with Gasteiger partial charge >= 0.3 is 11.9 Å². The molecule has 0 atom stereocenters. The predicted octanol–water partition coefficient (Wildman–Crippen LogP) is 9.86. The summed E-state index contributed by atoms with van der Waals surface area (Å²) in [6, 6.07) is 19.8. The third-order valence-corrected chi connectivity index (χ3v) is 7.49. The van der Waals surface area contributed by atoms with Crippen molar-refractivity contribution in [3.05, 3.63) is 131 Å². The molecule has 0 bridgehead atoms. The molecule has 49 heavy (non-hydrogen) atoms. The van der Waals surface area contributed by atoms with Crippen LogP contribution in [0.2, 0.25) is 0 Å². The Morgan fingerprint density at radius 1 is 0.531 bits per heavy atom. The van der Waals surface area contributed by atoms with Gasteiger partial charge in [-0.1, -0.05) is 30.7 Å². The summed E-state index contributed by atoms with van der Waals surface area (Å²) >= 11 is 0. The van der Waals surface area contributed by atoms with Crippen LogP contribution in [0, 0.1) is 46.2 Å². The van der Waals surface area contributed by atoms with Crippen molar-refractivity contribution in [2.24, 2.45) is 0 Å². The summed E-state index contributed by atoms with van der Waals surface area (Å²) in [6.45, 7) is 0. The largest absolute Gasteiger partial charge is 0.427 e. The van der Waals surface area contributed by atoms with Crippen molar-refractivity contribution in [1.29, 1.82) is 5.26 Å². The van der Waals surface area contributed by atoms with Crippen LogP contribution in [0.5, 0.6) is 11.5 Å². The zero-order valence-corrected chi connectivity index (χ0v) is 25.5. The number of nitriles is 1. The normalized spacial score (nSPS) is 10.8. The number of hydrogen-bond acceptors (Lipinski definition) is 5. The number of halogens is 6. The third kappa shape index (κ3) is 8.53. The maximum absolute atomic E-state index is 14.9. The second-order valence-electron chi connectivity index (χ2n) is 10.9. The Bertz CT molecular complexity index is 2010. The Balaban J connectivity index is 1.07. The van der Waals surface area contributed by atoms with E-state index in [4.69, 9.17) is 14.7 Å². The number of esters is 2. The fourth-order valence-electron chi connectivity index (χ4n) is 5.06. The van der Waals surface area contributed by atoms with Crippen molar-refractivity contribution in [1.82, 2.24) is 0 Å². The Labute approximate surface area is 277 Å². The SMILES string of the molecule is N#Cc1c(F)cc(-c2c(F)cc(-c3ccc(OC(=O)CCCCCC(=O)Oc4ccc(-c5ccc(F)cc5)c(F)c4)cc3)cc2F)cc1F. The maximum Gasteiger partial charge on any atom is 0.311 e. The molecule has 0 aliphatic heterocycles. The molecule has 0 unspecified atom stereocenters. The standard InChI is InChI=1S/C38H25F6NO4/c39-26-10-6-23(7-11-26)29-15-14-28(20-33(29)42)49-37(47)5-3-1-2-4-36(46)48-27-12-8-22(9-13-27)24-16-34(43)38(35(44)17-24)25-18-31(40)30(21-45)32(41)19-25/h6-20H,1-5H2. The van der Waals surface area contributed by atoms with Gasteiger partial charge in [0.1, 0.15) is 58.0 Å². The predicted molar refractivity (Wildman–Crippen MR) is 168 cm³/mol. The third-order valence-electron chi connectivity index (χ3n) is 7.49. The number of ether oxygens (including phenoxy) is 2. The first kappa shape index (κ1) is 34.4. The van der Waals surface area contributed by atoms with Gasteiger partial charge in [0.15, 0.2) is 0 Å². The molecule has 0 aromatic heterocycles. The lowest BCUT2D eigenvalue weighted by Gasteiger charge is -2.11. The van der Waals surface area contributed by atoms with Gasteiger partial charge in [-0.2, -0.15) is 5.26 Å². The van der Waals surface area contributed by atoms with Crippen LogP contribution in [0.25, 0.3) is 33.4 Å². The first-order chi connectivity index (χ1) is 23.5. The first-order valence-electron chi connectivity index (χ1n) is 15.0. The van der Waals surface area contributed by atoms with E-state index in [2.05, 4.69) is 0 Å². The lowest BCUT2D eigenvalue weighted by molar-refractivity contribution is -0.134. The van der Waals surface area contributed by atoms with Crippen LogP contribution in [0.3, 0.4) is 0 Å². The van der Waals surface area contributed by atoms with E-state index in [-0.39, 0.29) is 35.5 Å². The van der Waals surface area contributed by atoms with Crippen molar-refractivity contribution in [3.8, 4) is 50.9 Å². The summed E-state index contributed by atoms with van der Waals surface area (Å²) in [5.74, 6) is -6.58. The topological polar surface area (TPSA) is 76.4 Å².